The van der Waals surface area contributed by atoms with Crippen LogP contribution >= 0.6 is 35.6 Å². The van der Waals surface area contributed by atoms with E-state index in [1.54, 1.807) is 0 Å². The van der Waals surface area contributed by atoms with Crippen LogP contribution in [0.3, 0.4) is 0 Å². The van der Waals surface area contributed by atoms with E-state index in [1.165, 1.54) is 5.56 Å². The molecular weight excluding hydrogens is 457 g/mol. The zero-order valence-corrected chi connectivity index (χ0v) is 18.8. The molecule has 0 amide bonds. The first-order valence-electron chi connectivity index (χ1n) is 7.98. The highest BCUT2D eigenvalue weighted by molar-refractivity contribution is 14.0. The summed E-state index contributed by atoms with van der Waals surface area (Å²) in [6.45, 7) is 10.1. The van der Waals surface area contributed by atoms with Gasteiger partial charge in [0.15, 0.2) is 5.96 Å². The largest absolute Gasteiger partial charge is 0.357 e. The molecule has 1 rings (SSSR count). The number of hydrogen-bond acceptors (Lipinski definition) is 2. The van der Waals surface area contributed by atoms with Gasteiger partial charge in [0.25, 0.3) is 0 Å². The van der Waals surface area contributed by atoms with Crippen LogP contribution in [0.1, 0.15) is 33.3 Å². The Morgan fingerprint density at radius 2 is 1.83 bits per heavy atom. The van der Waals surface area contributed by atoms with Gasteiger partial charge in [-0.1, -0.05) is 23.7 Å². The van der Waals surface area contributed by atoms with E-state index in [-0.39, 0.29) is 28.7 Å². The smallest absolute Gasteiger partial charge is 0.191 e. The van der Waals surface area contributed by atoms with Gasteiger partial charge in [-0.15, -0.1) is 24.0 Å². The Kier molecular flexibility index (Phi) is 11.9. The van der Waals surface area contributed by atoms with Crippen molar-refractivity contribution in [1.82, 2.24) is 10.6 Å². The van der Waals surface area contributed by atoms with Crippen molar-refractivity contribution in [3.8, 4) is 0 Å². The first-order valence-corrected chi connectivity index (χ1v) is 9.67. The predicted octanol–water partition coefficient (Wildman–Crippen LogP) is 3.60. The molecule has 0 aromatic heterocycles. The summed E-state index contributed by atoms with van der Waals surface area (Å²) in [5.41, 5.74) is 1.23. The molecule has 0 aliphatic heterocycles. The molecule has 0 radical (unpaired) electrons. The van der Waals surface area contributed by atoms with E-state index in [1.807, 2.05) is 52.0 Å². The average Bonchev–Trinajstić information content (AvgIpc) is 2.48. The molecule has 24 heavy (non-hydrogen) atoms. The standard InChI is InChI=1S/C17H28ClN3OS.HI/c1-5-19-16(21-12-13-23(22)17(2,3)4)20-11-10-14-6-8-15(18)9-7-14;/h6-9H,5,10-13H2,1-4H3,(H2,19,20,21);1H. The molecule has 0 aliphatic carbocycles. The maximum atomic E-state index is 12.0. The predicted molar refractivity (Wildman–Crippen MR) is 117 cm³/mol. The van der Waals surface area contributed by atoms with Crippen molar-refractivity contribution >= 4 is 52.3 Å². The van der Waals surface area contributed by atoms with Crippen molar-refractivity contribution in [2.24, 2.45) is 4.99 Å². The molecule has 0 bridgehead atoms. The molecule has 1 aromatic rings. The molecule has 0 heterocycles. The van der Waals surface area contributed by atoms with E-state index in [0.29, 0.717) is 12.3 Å². The van der Waals surface area contributed by atoms with Crippen LogP contribution in [0.2, 0.25) is 5.02 Å². The molecule has 0 aliphatic rings. The lowest BCUT2D eigenvalue weighted by atomic mass is 10.1. The summed E-state index contributed by atoms with van der Waals surface area (Å²) in [4.78, 5) is 4.49. The minimum absolute atomic E-state index is 0. The van der Waals surface area contributed by atoms with E-state index >= 15 is 0 Å². The third-order valence-electron chi connectivity index (χ3n) is 3.19. The van der Waals surface area contributed by atoms with Crippen molar-refractivity contribution in [2.75, 3.05) is 25.4 Å². The van der Waals surface area contributed by atoms with Crippen LogP contribution in [-0.2, 0) is 17.2 Å². The highest BCUT2D eigenvalue weighted by Crippen LogP contribution is 2.11. The van der Waals surface area contributed by atoms with E-state index < -0.39 is 10.8 Å². The van der Waals surface area contributed by atoms with Crippen molar-refractivity contribution < 1.29 is 4.21 Å². The fourth-order valence-electron chi connectivity index (χ4n) is 1.86. The summed E-state index contributed by atoms with van der Waals surface area (Å²) in [6, 6.07) is 7.86. The van der Waals surface area contributed by atoms with Crippen LogP contribution < -0.4 is 10.6 Å². The minimum Gasteiger partial charge on any atom is -0.357 e. The monoisotopic (exact) mass is 485 g/mol. The summed E-state index contributed by atoms with van der Waals surface area (Å²) >= 11 is 5.88. The maximum Gasteiger partial charge on any atom is 0.191 e. The average molecular weight is 486 g/mol. The van der Waals surface area contributed by atoms with Gasteiger partial charge in [0.1, 0.15) is 0 Å². The van der Waals surface area contributed by atoms with Gasteiger partial charge < -0.3 is 10.6 Å². The van der Waals surface area contributed by atoms with Gasteiger partial charge in [0.05, 0.1) is 6.54 Å². The zero-order valence-electron chi connectivity index (χ0n) is 14.9. The number of halogens is 2. The Balaban J connectivity index is 0.00000529. The lowest BCUT2D eigenvalue weighted by Crippen LogP contribution is -2.38. The topological polar surface area (TPSA) is 53.5 Å². The number of hydrogen-bond donors (Lipinski definition) is 2. The van der Waals surface area contributed by atoms with Crippen LogP contribution in [0, 0.1) is 0 Å². The summed E-state index contributed by atoms with van der Waals surface area (Å²) in [7, 11) is -0.871. The van der Waals surface area contributed by atoms with Crippen LogP contribution in [-0.4, -0.2) is 40.3 Å². The fraction of sp³-hybridized carbons (Fsp3) is 0.588. The van der Waals surface area contributed by atoms with Crippen LogP contribution in [0.25, 0.3) is 0 Å². The number of rotatable bonds is 7. The SMILES string of the molecule is CCNC(=NCCS(=O)C(C)(C)C)NCCc1ccc(Cl)cc1.I. The van der Waals surface area contributed by atoms with Crippen molar-refractivity contribution in [2.45, 2.75) is 38.9 Å². The molecule has 4 nitrogen and oxygen atoms in total. The summed E-state index contributed by atoms with van der Waals surface area (Å²) < 4.78 is 11.8. The Labute approximate surface area is 170 Å². The number of guanidine groups is 1. The number of nitrogens with one attached hydrogen (secondary N) is 2. The second kappa shape index (κ2) is 12.1. The second-order valence-corrected chi connectivity index (χ2v) is 8.99. The molecule has 138 valence electrons. The van der Waals surface area contributed by atoms with Crippen molar-refractivity contribution in [3.63, 3.8) is 0 Å². The first-order chi connectivity index (χ1) is 10.8. The van der Waals surface area contributed by atoms with Gasteiger partial charge in [-0.05, 0) is 51.8 Å². The Morgan fingerprint density at radius 1 is 1.21 bits per heavy atom. The summed E-state index contributed by atoms with van der Waals surface area (Å²) in [5, 5.41) is 7.27. The van der Waals surface area contributed by atoms with Crippen LogP contribution in [0.15, 0.2) is 29.3 Å². The molecule has 0 saturated heterocycles. The van der Waals surface area contributed by atoms with Crippen molar-refractivity contribution in [3.05, 3.63) is 34.9 Å². The Hall–Kier alpha value is -0.340. The molecule has 7 heteroatoms. The van der Waals surface area contributed by atoms with Gasteiger partial charge in [0.2, 0.25) is 0 Å². The van der Waals surface area contributed by atoms with E-state index in [9.17, 15) is 4.21 Å². The molecule has 0 spiro atoms. The van der Waals surface area contributed by atoms with Crippen LogP contribution in [0.5, 0.6) is 0 Å². The van der Waals surface area contributed by atoms with Gasteiger partial charge in [0, 0.05) is 39.4 Å². The summed E-state index contributed by atoms with van der Waals surface area (Å²) in [5.74, 6) is 1.35. The van der Waals surface area contributed by atoms with Gasteiger partial charge in [-0.2, -0.15) is 0 Å². The van der Waals surface area contributed by atoms with Gasteiger partial charge >= 0.3 is 0 Å². The molecular formula is C17H29ClIN3OS. The lowest BCUT2D eigenvalue weighted by Gasteiger charge is -2.17. The zero-order chi connectivity index (χ0) is 17.3. The highest BCUT2D eigenvalue weighted by atomic mass is 127. The van der Waals surface area contributed by atoms with E-state index in [2.05, 4.69) is 15.6 Å². The molecule has 1 aromatic carbocycles. The molecule has 0 fully saturated rings. The fourth-order valence-corrected chi connectivity index (χ4v) is 2.86. The number of aliphatic imine (C=N–C) groups is 1. The second-order valence-electron chi connectivity index (χ2n) is 6.23. The molecule has 0 saturated carbocycles. The lowest BCUT2D eigenvalue weighted by molar-refractivity contribution is 0.648. The summed E-state index contributed by atoms with van der Waals surface area (Å²) in [6.07, 6.45) is 0.898. The highest BCUT2D eigenvalue weighted by Gasteiger charge is 2.18. The normalized spacial score (nSPS) is 13.1. The molecule has 2 N–H and O–H groups in total. The van der Waals surface area contributed by atoms with Gasteiger partial charge in [-0.25, -0.2) is 0 Å². The van der Waals surface area contributed by atoms with Crippen LogP contribution in [0.4, 0.5) is 0 Å². The number of benzene rings is 1. The Bertz CT molecular complexity index is 530. The number of nitrogens with zero attached hydrogens (tertiary/aromatic N) is 1. The maximum absolute atomic E-state index is 12.0. The van der Waals surface area contributed by atoms with E-state index in [0.717, 1.165) is 30.5 Å². The third kappa shape index (κ3) is 9.84. The Morgan fingerprint density at radius 3 is 2.38 bits per heavy atom. The van der Waals surface area contributed by atoms with Gasteiger partial charge in [-0.3, -0.25) is 9.20 Å². The van der Waals surface area contributed by atoms with Crippen molar-refractivity contribution in [1.29, 1.82) is 0 Å². The minimum atomic E-state index is -0.871. The molecule has 1 unspecified atom stereocenters. The third-order valence-corrected chi connectivity index (χ3v) is 5.36. The first kappa shape index (κ1) is 23.7. The quantitative estimate of drug-likeness (QED) is 0.352. The van der Waals surface area contributed by atoms with E-state index in [4.69, 9.17) is 11.6 Å². The molecule has 1 atom stereocenters.